The van der Waals surface area contributed by atoms with Gasteiger partial charge in [0.1, 0.15) is 0 Å². The van der Waals surface area contributed by atoms with Gasteiger partial charge in [-0.15, -0.1) is 0 Å². The highest BCUT2D eigenvalue weighted by Gasteiger charge is 2.33. The Bertz CT molecular complexity index is 313. The summed E-state index contributed by atoms with van der Waals surface area (Å²) in [5.41, 5.74) is -0.976. The lowest BCUT2D eigenvalue weighted by Crippen LogP contribution is -2.44. The molecule has 1 rings (SSSR count). The predicted octanol–water partition coefficient (Wildman–Crippen LogP) is 1.35. The van der Waals surface area contributed by atoms with Crippen molar-refractivity contribution in [1.29, 1.82) is 0 Å². The summed E-state index contributed by atoms with van der Waals surface area (Å²) in [6.07, 6.45) is 4.67. The van der Waals surface area contributed by atoms with E-state index in [0.717, 1.165) is 32.1 Å². The van der Waals surface area contributed by atoms with Crippen LogP contribution in [0.25, 0.3) is 0 Å². The summed E-state index contributed by atoms with van der Waals surface area (Å²) in [6, 6.07) is 0. The fraction of sp³-hybridized carbons (Fsp3) is 1.00. The van der Waals surface area contributed by atoms with Crippen LogP contribution in [0.4, 0.5) is 0 Å². The third-order valence-corrected chi connectivity index (χ3v) is 5.33. The molecule has 0 bridgehead atoms. The number of hydrogen-bond acceptors (Lipinski definition) is 3. The van der Waals surface area contributed by atoms with Gasteiger partial charge in [-0.1, -0.05) is 19.3 Å². The first kappa shape index (κ1) is 13.9. The van der Waals surface area contributed by atoms with Crippen LogP contribution in [0.15, 0.2) is 0 Å². The van der Waals surface area contributed by atoms with Crippen LogP contribution in [0.5, 0.6) is 0 Å². The smallest absolute Gasteiger partial charge is 0.216 e. The Morgan fingerprint density at radius 3 is 2.19 bits per heavy atom. The first-order valence-corrected chi connectivity index (χ1v) is 7.41. The molecule has 0 aromatic heterocycles. The van der Waals surface area contributed by atoms with Crippen molar-refractivity contribution < 1.29 is 13.5 Å². The Balaban J connectivity index is 2.68. The van der Waals surface area contributed by atoms with Gasteiger partial charge in [0.15, 0.2) is 0 Å². The molecule has 1 N–H and O–H groups in total. The summed E-state index contributed by atoms with van der Waals surface area (Å²) in [6.45, 7) is 3.41. The monoisotopic (exact) mass is 249 g/mol. The van der Waals surface area contributed by atoms with Crippen LogP contribution in [-0.2, 0) is 10.0 Å². The van der Waals surface area contributed by atoms with Gasteiger partial charge in [0, 0.05) is 13.6 Å². The number of nitrogens with zero attached hydrogens (tertiary/aromatic N) is 1. The van der Waals surface area contributed by atoms with E-state index in [1.807, 2.05) is 0 Å². The molecule has 0 atom stereocenters. The number of sulfonamides is 1. The first-order valence-electron chi connectivity index (χ1n) is 5.91. The second-order valence-electron chi connectivity index (χ2n) is 5.37. The van der Waals surface area contributed by atoms with Crippen LogP contribution in [0, 0.1) is 0 Å². The van der Waals surface area contributed by atoms with Gasteiger partial charge in [0.05, 0.1) is 10.9 Å². The van der Waals surface area contributed by atoms with Crippen molar-refractivity contribution in [2.45, 2.75) is 56.8 Å². The number of likely N-dealkylation sites (N-methyl/N-ethyl adjacent to an activating group) is 1. The largest absolute Gasteiger partial charge is 0.389 e. The normalized spacial score (nSPS) is 20.3. The standard InChI is InChI=1S/C11H23NO3S/c1-11(2,13)9-12(3)16(14,15)10-7-5-4-6-8-10/h10,13H,4-9H2,1-3H3. The minimum atomic E-state index is -3.22. The molecule has 0 saturated heterocycles. The summed E-state index contributed by atoms with van der Waals surface area (Å²) in [7, 11) is -1.66. The third-order valence-electron chi connectivity index (χ3n) is 3.02. The molecule has 16 heavy (non-hydrogen) atoms. The molecule has 0 aromatic rings. The van der Waals surface area contributed by atoms with E-state index >= 15 is 0 Å². The molecule has 0 aromatic carbocycles. The number of rotatable bonds is 4. The maximum atomic E-state index is 12.2. The summed E-state index contributed by atoms with van der Waals surface area (Å²) < 4.78 is 25.7. The van der Waals surface area contributed by atoms with Crippen LogP contribution >= 0.6 is 0 Å². The molecule has 0 spiro atoms. The fourth-order valence-electron chi connectivity index (χ4n) is 2.25. The van der Waals surface area contributed by atoms with E-state index in [9.17, 15) is 13.5 Å². The van der Waals surface area contributed by atoms with E-state index in [1.54, 1.807) is 20.9 Å². The van der Waals surface area contributed by atoms with Crippen molar-refractivity contribution in [1.82, 2.24) is 4.31 Å². The molecular formula is C11H23NO3S. The van der Waals surface area contributed by atoms with Crippen LogP contribution in [0.1, 0.15) is 46.0 Å². The van der Waals surface area contributed by atoms with Gasteiger partial charge < -0.3 is 5.11 Å². The Morgan fingerprint density at radius 2 is 1.75 bits per heavy atom. The molecule has 1 saturated carbocycles. The van der Waals surface area contributed by atoms with Gasteiger partial charge in [-0.25, -0.2) is 12.7 Å². The van der Waals surface area contributed by atoms with Crippen LogP contribution in [0.3, 0.4) is 0 Å². The van der Waals surface area contributed by atoms with Gasteiger partial charge in [-0.3, -0.25) is 0 Å². The molecule has 96 valence electrons. The van der Waals surface area contributed by atoms with E-state index in [-0.39, 0.29) is 11.8 Å². The van der Waals surface area contributed by atoms with E-state index in [4.69, 9.17) is 0 Å². The summed E-state index contributed by atoms with van der Waals surface area (Å²) in [5, 5.41) is 9.40. The molecule has 1 fully saturated rings. The van der Waals surface area contributed by atoms with Crippen molar-refractivity contribution in [2.24, 2.45) is 0 Å². The second-order valence-corrected chi connectivity index (χ2v) is 7.69. The predicted molar refractivity (Wildman–Crippen MR) is 64.7 cm³/mol. The SMILES string of the molecule is CN(CC(C)(C)O)S(=O)(=O)C1CCCCC1. The highest BCUT2D eigenvalue weighted by atomic mass is 32.2. The van der Waals surface area contributed by atoms with E-state index in [1.165, 1.54) is 4.31 Å². The molecule has 0 amide bonds. The average molecular weight is 249 g/mol. The highest BCUT2D eigenvalue weighted by molar-refractivity contribution is 7.89. The lowest BCUT2D eigenvalue weighted by Gasteiger charge is -2.30. The van der Waals surface area contributed by atoms with Gasteiger partial charge in [-0.2, -0.15) is 0 Å². The van der Waals surface area contributed by atoms with Gasteiger partial charge in [-0.05, 0) is 26.7 Å². The Morgan fingerprint density at radius 1 is 1.25 bits per heavy atom. The zero-order chi connectivity index (χ0) is 12.4. The van der Waals surface area contributed by atoms with Gasteiger partial charge in [0.2, 0.25) is 10.0 Å². The second kappa shape index (κ2) is 5.02. The third kappa shape index (κ3) is 3.71. The van der Waals surface area contributed by atoms with Crippen LogP contribution in [-0.4, -0.2) is 42.3 Å². The van der Waals surface area contributed by atoms with Gasteiger partial charge in [0.25, 0.3) is 0 Å². The minimum absolute atomic E-state index is 0.159. The molecule has 1 aliphatic rings. The van der Waals surface area contributed by atoms with Crippen LogP contribution in [0.2, 0.25) is 0 Å². The summed E-state index contributed by atoms with van der Waals surface area (Å²) >= 11 is 0. The lowest BCUT2D eigenvalue weighted by atomic mass is 10.0. The molecule has 0 heterocycles. The summed E-state index contributed by atoms with van der Waals surface area (Å²) in [4.78, 5) is 0. The average Bonchev–Trinajstić information content (AvgIpc) is 2.16. The van der Waals surface area contributed by atoms with E-state index < -0.39 is 15.6 Å². The molecule has 5 heteroatoms. The van der Waals surface area contributed by atoms with Crippen molar-refractivity contribution in [2.75, 3.05) is 13.6 Å². The molecule has 0 radical (unpaired) electrons. The lowest BCUT2D eigenvalue weighted by molar-refractivity contribution is 0.0636. The zero-order valence-electron chi connectivity index (χ0n) is 10.4. The molecule has 0 unspecified atom stereocenters. The van der Waals surface area contributed by atoms with Crippen molar-refractivity contribution >= 4 is 10.0 Å². The first-order chi connectivity index (χ1) is 7.23. The Kier molecular flexibility index (Phi) is 4.37. The highest BCUT2D eigenvalue weighted by Crippen LogP contribution is 2.26. The summed E-state index contributed by atoms with van der Waals surface area (Å²) in [5.74, 6) is 0. The molecular weight excluding hydrogens is 226 g/mol. The van der Waals surface area contributed by atoms with Gasteiger partial charge >= 0.3 is 0 Å². The Labute approximate surface area is 98.7 Å². The van der Waals surface area contributed by atoms with Crippen molar-refractivity contribution in [3.8, 4) is 0 Å². The van der Waals surface area contributed by atoms with Crippen LogP contribution < -0.4 is 0 Å². The van der Waals surface area contributed by atoms with E-state index in [0.29, 0.717) is 0 Å². The maximum Gasteiger partial charge on any atom is 0.216 e. The molecule has 1 aliphatic carbocycles. The quantitative estimate of drug-likeness (QED) is 0.818. The van der Waals surface area contributed by atoms with Crippen molar-refractivity contribution in [3.05, 3.63) is 0 Å². The number of hydrogen-bond donors (Lipinski definition) is 1. The zero-order valence-corrected chi connectivity index (χ0v) is 11.3. The van der Waals surface area contributed by atoms with Crippen molar-refractivity contribution in [3.63, 3.8) is 0 Å². The minimum Gasteiger partial charge on any atom is -0.389 e. The van der Waals surface area contributed by atoms with E-state index in [2.05, 4.69) is 0 Å². The molecule has 0 aliphatic heterocycles. The number of aliphatic hydroxyl groups is 1. The Hall–Kier alpha value is -0.130. The fourth-order valence-corrected chi connectivity index (χ4v) is 4.19. The maximum absolute atomic E-state index is 12.2. The topological polar surface area (TPSA) is 57.6 Å². The molecule has 4 nitrogen and oxygen atoms in total.